The van der Waals surface area contributed by atoms with Crippen LogP contribution >= 0.6 is 11.3 Å². The average Bonchev–Trinajstić information content (AvgIpc) is 2.94. The summed E-state index contributed by atoms with van der Waals surface area (Å²) in [7, 11) is 4.15. The van der Waals surface area contributed by atoms with Gasteiger partial charge in [0, 0.05) is 37.1 Å². The zero-order valence-corrected chi connectivity index (χ0v) is 13.8. The first kappa shape index (κ1) is 15.1. The van der Waals surface area contributed by atoms with Crippen molar-refractivity contribution in [1.82, 2.24) is 15.1 Å². The summed E-state index contributed by atoms with van der Waals surface area (Å²) < 4.78 is 1.99. The highest BCUT2D eigenvalue weighted by Crippen LogP contribution is 2.24. The van der Waals surface area contributed by atoms with Crippen LogP contribution in [0.4, 0.5) is 5.82 Å². The van der Waals surface area contributed by atoms with E-state index in [2.05, 4.69) is 60.6 Å². The maximum absolute atomic E-state index is 4.58. The van der Waals surface area contributed by atoms with E-state index in [0.29, 0.717) is 6.04 Å². The largest absolute Gasteiger partial charge is 0.354 e. The smallest absolute Gasteiger partial charge is 0.131 e. The van der Waals surface area contributed by atoms with Crippen LogP contribution in [0.25, 0.3) is 0 Å². The van der Waals surface area contributed by atoms with E-state index in [1.165, 1.54) is 16.3 Å². The molecule has 0 spiro atoms. The molecule has 2 aromatic heterocycles. The molecule has 0 fully saturated rings. The number of anilines is 1. The van der Waals surface area contributed by atoms with Gasteiger partial charge in [0.15, 0.2) is 0 Å². The van der Waals surface area contributed by atoms with Gasteiger partial charge in [-0.1, -0.05) is 19.9 Å². The molecule has 4 nitrogen and oxygen atoms in total. The molecule has 0 aliphatic carbocycles. The molecule has 2 rings (SSSR count). The Hall–Kier alpha value is -1.33. The minimum absolute atomic E-state index is 0.477. The molecular weight excluding hydrogens is 268 g/mol. The fourth-order valence-electron chi connectivity index (χ4n) is 2.39. The van der Waals surface area contributed by atoms with Crippen LogP contribution < -0.4 is 10.2 Å². The van der Waals surface area contributed by atoms with Crippen LogP contribution in [0, 0.1) is 6.92 Å². The molecule has 1 N–H and O–H groups in total. The Kier molecular flexibility index (Phi) is 4.83. The average molecular weight is 292 g/mol. The van der Waals surface area contributed by atoms with E-state index in [0.717, 1.165) is 18.8 Å². The van der Waals surface area contributed by atoms with Crippen LogP contribution in [-0.2, 0) is 20.1 Å². The summed E-state index contributed by atoms with van der Waals surface area (Å²) >= 11 is 1.80. The third kappa shape index (κ3) is 3.41. The van der Waals surface area contributed by atoms with Gasteiger partial charge in [-0.15, -0.1) is 11.3 Å². The minimum atomic E-state index is 0.477. The zero-order chi connectivity index (χ0) is 14.7. The van der Waals surface area contributed by atoms with Gasteiger partial charge in [0.05, 0.1) is 12.2 Å². The lowest BCUT2D eigenvalue weighted by Crippen LogP contribution is -2.25. The number of thiophene rings is 1. The minimum Gasteiger partial charge on any atom is -0.354 e. The number of rotatable bonds is 6. The second-order valence-electron chi connectivity index (χ2n) is 5.48. The summed E-state index contributed by atoms with van der Waals surface area (Å²) in [6.07, 6.45) is 0. The van der Waals surface area contributed by atoms with E-state index < -0.39 is 0 Å². The van der Waals surface area contributed by atoms with Crippen LogP contribution in [0.5, 0.6) is 0 Å². The lowest BCUT2D eigenvalue weighted by atomic mass is 10.2. The van der Waals surface area contributed by atoms with Crippen molar-refractivity contribution in [2.24, 2.45) is 7.05 Å². The fraction of sp³-hybridized carbons (Fsp3) is 0.533. The topological polar surface area (TPSA) is 33.1 Å². The Labute approximate surface area is 125 Å². The predicted molar refractivity (Wildman–Crippen MR) is 86.3 cm³/mol. The maximum atomic E-state index is 4.58. The third-order valence-corrected chi connectivity index (χ3v) is 4.20. The molecule has 5 heteroatoms. The molecule has 0 aliphatic rings. The quantitative estimate of drug-likeness (QED) is 0.888. The van der Waals surface area contributed by atoms with Crippen molar-refractivity contribution in [1.29, 1.82) is 0 Å². The second-order valence-corrected chi connectivity index (χ2v) is 6.51. The molecule has 0 aliphatic heterocycles. The summed E-state index contributed by atoms with van der Waals surface area (Å²) in [5.41, 5.74) is 2.40. The van der Waals surface area contributed by atoms with Gasteiger partial charge in [-0.2, -0.15) is 5.10 Å². The van der Waals surface area contributed by atoms with E-state index in [4.69, 9.17) is 0 Å². The van der Waals surface area contributed by atoms with Gasteiger partial charge in [0.25, 0.3) is 0 Å². The molecule has 0 aromatic carbocycles. The lowest BCUT2D eigenvalue weighted by Gasteiger charge is -2.21. The first-order valence-corrected chi connectivity index (χ1v) is 7.86. The Bertz CT molecular complexity index is 542. The standard InChI is InChI=1S/C15H24N4S/c1-11(2)16-9-14-12(3)17-19(5)15(14)18(4)10-13-7-6-8-20-13/h6-8,11,16H,9-10H2,1-5H3. The van der Waals surface area contributed by atoms with E-state index in [1.807, 2.05) is 11.7 Å². The third-order valence-electron chi connectivity index (χ3n) is 3.33. The number of aromatic nitrogens is 2. The molecule has 0 atom stereocenters. The molecule has 0 saturated carbocycles. The van der Waals surface area contributed by atoms with Crippen molar-refractivity contribution < 1.29 is 0 Å². The van der Waals surface area contributed by atoms with Crippen molar-refractivity contribution in [3.8, 4) is 0 Å². The van der Waals surface area contributed by atoms with E-state index >= 15 is 0 Å². The molecule has 2 heterocycles. The van der Waals surface area contributed by atoms with Gasteiger partial charge in [0.1, 0.15) is 5.82 Å². The summed E-state index contributed by atoms with van der Waals surface area (Å²) in [5.74, 6) is 1.20. The van der Waals surface area contributed by atoms with Crippen molar-refractivity contribution in [2.75, 3.05) is 11.9 Å². The molecule has 0 amide bonds. The fourth-order valence-corrected chi connectivity index (χ4v) is 3.15. The molecule has 0 radical (unpaired) electrons. The Morgan fingerprint density at radius 2 is 2.20 bits per heavy atom. The second kappa shape index (κ2) is 6.41. The van der Waals surface area contributed by atoms with Gasteiger partial charge in [-0.25, -0.2) is 0 Å². The molecule has 0 bridgehead atoms. The summed E-state index contributed by atoms with van der Waals surface area (Å²) in [4.78, 5) is 3.65. The molecule has 110 valence electrons. The molecule has 0 unspecified atom stereocenters. The van der Waals surface area contributed by atoms with Crippen LogP contribution in [0.15, 0.2) is 17.5 Å². The van der Waals surface area contributed by atoms with Crippen LogP contribution in [-0.4, -0.2) is 22.9 Å². The molecule has 0 saturated heterocycles. The number of aryl methyl sites for hydroxylation is 2. The maximum Gasteiger partial charge on any atom is 0.131 e. The monoisotopic (exact) mass is 292 g/mol. The molecular formula is C15H24N4S. The molecule has 2 aromatic rings. The number of nitrogens with zero attached hydrogens (tertiary/aromatic N) is 3. The zero-order valence-electron chi connectivity index (χ0n) is 13.0. The lowest BCUT2D eigenvalue weighted by molar-refractivity contribution is 0.586. The first-order valence-electron chi connectivity index (χ1n) is 6.98. The normalized spacial score (nSPS) is 11.3. The van der Waals surface area contributed by atoms with Gasteiger partial charge in [-0.05, 0) is 18.4 Å². The van der Waals surface area contributed by atoms with E-state index in [-0.39, 0.29) is 0 Å². The van der Waals surface area contributed by atoms with Gasteiger partial charge in [0.2, 0.25) is 0 Å². The van der Waals surface area contributed by atoms with Gasteiger partial charge in [-0.3, -0.25) is 4.68 Å². The number of nitrogens with one attached hydrogen (secondary N) is 1. The highest BCUT2D eigenvalue weighted by atomic mass is 32.1. The van der Waals surface area contributed by atoms with Crippen molar-refractivity contribution in [3.63, 3.8) is 0 Å². The van der Waals surface area contributed by atoms with E-state index in [9.17, 15) is 0 Å². The number of hydrogen-bond donors (Lipinski definition) is 1. The Morgan fingerprint density at radius 1 is 1.45 bits per heavy atom. The first-order chi connectivity index (χ1) is 9.49. The predicted octanol–water partition coefficient (Wildman–Crippen LogP) is 2.92. The van der Waals surface area contributed by atoms with Gasteiger partial charge >= 0.3 is 0 Å². The highest BCUT2D eigenvalue weighted by molar-refractivity contribution is 7.09. The Morgan fingerprint density at radius 3 is 2.80 bits per heavy atom. The summed E-state index contributed by atoms with van der Waals surface area (Å²) in [6, 6.07) is 4.75. The Balaban J connectivity index is 2.20. The van der Waals surface area contributed by atoms with Crippen molar-refractivity contribution in [2.45, 2.75) is 39.9 Å². The van der Waals surface area contributed by atoms with Gasteiger partial charge < -0.3 is 10.2 Å². The van der Waals surface area contributed by atoms with Crippen LogP contribution in [0.3, 0.4) is 0 Å². The summed E-state index contributed by atoms with van der Waals surface area (Å²) in [6.45, 7) is 8.20. The summed E-state index contributed by atoms with van der Waals surface area (Å²) in [5, 5.41) is 10.2. The highest BCUT2D eigenvalue weighted by Gasteiger charge is 2.17. The van der Waals surface area contributed by atoms with Crippen molar-refractivity contribution >= 4 is 17.2 Å². The SMILES string of the molecule is Cc1nn(C)c(N(C)Cc2cccs2)c1CNC(C)C. The van der Waals surface area contributed by atoms with Crippen molar-refractivity contribution in [3.05, 3.63) is 33.6 Å². The van der Waals surface area contributed by atoms with E-state index in [1.54, 1.807) is 11.3 Å². The van der Waals surface area contributed by atoms with Crippen LogP contribution in [0.1, 0.15) is 30.0 Å². The van der Waals surface area contributed by atoms with Crippen LogP contribution in [0.2, 0.25) is 0 Å². The molecule has 20 heavy (non-hydrogen) atoms. The number of hydrogen-bond acceptors (Lipinski definition) is 4.